The number of hydrogen-bond acceptors (Lipinski definition) is 6. The number of ketones is 1. The molecule has 0 aromatic heterocycles. The Hall–Kier alpha value is -2.54. The molecule has 1 aliphatic heterocycles. The number of carbonyl (C=O) groups is 2. The van der Waals surface area contributed by atoms with Crippen LogP contribution < -0.4 is 9.47 Å². The van der Waals surface area contributed by atoms with E-state index >= 15 is 0 Å². The second-order valence-electron chi connectivity index (χ2n) is 7.32. The minimum atomic E-state index is -0.651. The molecule has 154 valence electrons. The number of carbonyl (C=O) groups excluding carboxylic acids is 2. The molecule has 0 spiro atoms. The molecular formula is C21H30N2O5. The quantitative estimate of drug-likeness (QED) is 0.698. The molecule has 0 aliphatic carbocycles. The van der Waals surface area contributed by atoms with E-state index in [2.05, 4.69) is 0 Å². The second-order valence-corrected chi connectivity index (χ2v) is 7.32. The predicted octanol–water partition coefficient (Wildman–Crippen LogP) is 2.72. The molecular weight excluding hydrogens is 360 g/mol. The van der Waals surface area contributed by atoms with Gasteiger partial charge in [0.25, 0.3) is 5.91 Å². The highest BCUT2D eigenvalue weighted by Crippen LogP contribution is 2.41. The summed E-state index contributed by atoms with van der Waals surface area (Å²) in [6.45, 7) is 6.55. The lowest BCUT2D eigenvalue weighted by atomic mass is 9.94. The first-order valence-electron chi connectivity index (χ1n) is 9.47. The number of aliphatic hydroxyl groups is 1. The highest BCUT2D eigenvalue weighted by atomic mass is 16.5. The summed E-state index contributed by atoms with van der Waals surface area (Å²) in [7, 11) is 5.35. The van der Waals surface area contributed by atoms with Gasteiger partial charge in [-0.2, -0.15) is 0 Å². The summed E-state index contributed by atoms with van der Waals surface area (Å²) in [6, 6.07) is 4.69. The van der Waals surface area contributed by atoms with Gasteiger partial charge in [0.1, 0.15) is 0 Å². The Balaban J connectivity index is 2.51. The standard InChI is InChI=1S/C21H30N2O5/c1-7-15(24)18-19(23(11-10-22(4)5)21(26)20(18)25)14-8-9-16(28-13(2)3)17(12-14)27-6/h8-9,12-13,19,25H,7,10-11H2,1-6H3. The number of nitrogens with zero attached hydrogens (tertiary/aromatic N) is 2. The zero-order chi connectivity index (χ0) is 21.0. The molecule has 28 heavy (non-hydrogen) atoms. The van der Waals surface area contributed by atoms with Crippen LogP contribution in [0.4, 0.5) is 0 Å². The Bertz CT molecular complexity index is 770. The van der Waals surface area contributed by atoms with Gasteiger partial charge in [-0.1, -0.05) is 13.0 Å². The fourth-order valence-electron chi connectivity index (χ4n) is 3.22. The summed E-state index contributed by atoms with van der Waals surface area (Å²) in [4.78, 5) is 28.7. The average Bonchev–Trinajstić information content (AvgIpc) is 2.90. The van der Waals surface area contributed by atoms with Crippen molar-refractivity contribution in [2.24, 2.45) is 0 Å². The number of methoxy groups -OCH3 is 1. The molecule has 0 bridgehead atoms. The van der Waals surface area contributed by atoms with Crippen molar-refractivity contribution in [3.05, 3.63) is 35.1 Å². The third-order valence-electron chi connectivity index (χ3n) is 4.58. The highest BCUT2D eigenvalue weighted by Gasteiger charge is 2.43. The molecule has 1 aromatic carbocycles. The Kier molecular flexibility index (Phi) is 7.07. The van der Waals surface area contributed by atoms with Gasteiger partial charge < -0.3 is 24.4 Å². The Labute approximate surface area is 166 Å². The van der Waals surface area contributed by atoms with Crippen molar-refractivity contribution in [1.82, 2.24) is 9.80 Å². The van der Waals surface area contributed by atoms with Crippen molar-refractivity contribution in [3.63, 3.8) is 0 Å². The fourth-order valence-corrected chi connectivity index (χ4v) is 3.22. The van der Waals surface area contributed by atoms with E-state index in [1.54, 1.807) is 26.2 Å². The van der Waals surface area contributed by atoms with Crippen molar-refractivity contribution in [3.8, 4) is 11.5 Å². The van der Waals surface area contributed by atoms with Crippen molar-refractivity contribution >= 4 is 11.7 Å². The normalized spacial score (nSPS) is 17.1. The van der Waals surface area contributed by atoms with E-state index in [0.717, 1.165) is 0 Å². The van der Waals surface area contributed by atoms with Crippen LogP contribution >= 0.6 is 0 Å². The molecule has 1 N–H and O–H groups in total. The minimum absolute atomic E-state index is 0.0226. The molecule has 1 aliphatic rings. The first-order valence-corrected chi connectivity index (χ1v) is 9.47. The van der Waals surface area contributed by atoms with Crippen molar-refractivity contribution in [2.45, 2.75) is 39.3 Å². The van der Waals surface area contributed by atoms with Crippen LogP contribution in [0.1, 0.15) is 38.8 Å². The van der Waals surface area contributed by atoms with Crippen LogP contribution in [0.15, 0.2) is 29.5 Å². The second kappa shape index (κ2) is 9.10. The minimum Gasteiger partial charge on any atom is -0.503 e. The van der Waals surface area contributed by atoms with Gasteiger partial charge in [0, 0.05) is 19.5 Å². The van der Waals surface area contributed by atoms with Gasteiger partial charge in [-0.05, 0) is 45.6 Å². The van der Waals surface area contributed by atoms with Gasteiger partial charge in [0.15, 0.2) is 23.0 Å². The molecule has 2 rings (SSSR count). The van der Waals surface area contributed by atoms with E-state index in [1.807, 2.05) is 38.9 Å². The summed E-state index contributed by atoms with van der Waals surface area (Å²) in [6.07, 6.45) is 0.182. The molecule has 0 saturated heterocycles. The highest BCUT2D eigenvalue weighted by molar-refractivity contribution is 6.08. The number of benzene rings is 1. The van der Waals surface area contributed by atoms with E-state index in [4.69, 9.17) is 9.47 Å². The van der Waals surface area contributed by atoms with Gasteiger partial charge in [-0.3, -0.25) is 9.59 Å². The molecule has 1 unspecified atom stereocenters. The summed E-state index contributed by atoms with van der Waals surface area (Å²) in [5, 5.41) is 10.4. The van der Waals surface area contributed by atoms with E-state index in [-0.39, 0.29) is 23.9 Å². The molecule has 7 heteroatoms. The maximum Gasteiger partial charge on any atom is 0.290 e. The topological polar surface area (TPSA) is 79.3 Å². The maximum atomic E-state index is 12.7. The molecule has 0 radical (unpaired) electrons. The lowest BCUT2D eigenvalue weighted by Crippen LogP contribution is -2.36. The molecule has 1 heterocycles. The Morgan fingerprint density at radius 1 is 1.29 bits per heavy atom. The smallest absolute Gasteiger partial charge is 0.290 e. The predicted molar refractivity (Wildman–Crippen MR) is 107 cm³/mol. The van der Waals surface area contributed by atoms with E-state index < -0.39 is 17.7 Å². The van der Waals surface area contributed by atoms with Gasteiger partial charge in [-0.25, -0.2) is 0 Å². The monoisotopic (exact) mass is 390 g/mol. The Morgan fingerprint density at radius 3 is 2.50 bits per heavy atom. The molecule has 1 aromatic rings. The number of rotatable bonds is 9. The van der Waals surface area contributed by atoms with E-state index in [9.17, 15) is 14.7 Å². The molecule has 1 atom stereocenters. The zero-order valence-electron chi connectivity index (χ0n) is 17.5. The summed E-state index contributed by atoms with van der Waals surface area (Å²) in [5.41, 5.74) is 0.840. The average molecular weight is 390 g/mol. The number of amides is 1. The molecule has 0 fully saturated rings. The molecule has 7 nitrogen and oxygen atoms in total. The number of hydrogen-bond donors (Lipinski definition) is 1. The fraction of sp³-hybridized carbons (Fsp3) is 0.524. The lowest BCUT2D eigenvalue weighted by Gasteiger charge is -2.28. The van der Waals surface area contributed by atoms with Crippen LogP contribution in [0, 0.1) is 0 Å². The third-order valence-corrected chi connectivity index (χ3v) is 4.58. The number of aliphatic hydroxyl groups excluding tert-OH is 1. The number of ether oxygens (including phenoxy) is 2. The number of likely N-dealkylation sites (N-methyl/N-ethyl adjacent to an activating group) is 1. The van der Waals surface area contributed by atoms with Crippen LogP contribution in [0.25, 0.3) is 0 Å². The van der Waals surface area contributed by atoms with Crippen molar-refractivity contribution < 1.29 is 24.2 Å². The first-order chi connectivity index (χ1) is 13.2. The lowest BCUT2D eigenvalue weighted by molar-refractivity contribution is -0.129. The number of Topliss-reactive ketones (excluding diaryl/α,β-unsaturated/α-hetero) is 1. The van der Waals surface area contributed by atoms with Crippen LogP contribution in [0.3, 0.4) is 0 Å². The largest absolute Gasteiger partial charge is 0.503 e. The maximum absolute atomic E-state index is 12.7. The molecule has 0 saturated carbocycles. The Morgan fingerprint density at radius 2 is 1.96 bits per heavy atom. The van der Waals surface area contributed by atoms with Crippen LogP contribution in [-0.2, 0) is 9.59 Å². The SMILES string of the molecule is CCC(=O)C1=C(O)C(=O)N(CCN(C)C)C1c1ccc(OC(C)C)c(OC)c1. The van der Waals surface area contributed by atoms with Crippen LogP contribution in [0.2, 0.25) is 0 Å². The van der Waals surface area contributed by atoms with Gasteiger partial charge >= 0.3 is 0 Å². The van der Waals surface area contributed by atoms with E-state index in [0.29, 0.717) is 30.2 Å². The summed E-state index contributed by atoms with van der Waals surface area (Å²) < 4.78 is 11.2. The van der Waals surface area contributed by atoms with Gasteiger partial charge in [0.05, 0.1) is 24.8 Å². The molecule has 1 amide bonds. The van der Waals surface area contributed by atoms with E-state index in [1.165, 1.54) is 4.90 Å². The van der Waals surface area contributed by atoms with Gasteiger partial charge in [0.2, 0.25) is 0 Å². The van der Waals surface area contributed by atoms with Gasteiger partial charge in [-0.15, -0.1) is 0 Å². The van der Waals surface area contributed by atoms with Crippen LogP contribution in [-0.4, -0.2) is 67.0 Å². The zero-order valence-corrected chi connectivity index (χ0v) is 17.5. The van der Waals surface area contributed by atoms with Crippen molar-refractivity contribution in [2.75, 3.05) is 34.3 Å². The summed E-state index contributed by atoms with van der Waals surface area (Å²) >= 11 is 0. The van der Waals surface area contributed by atoms with Crippen molar-refractivity contribution in [1.29, 1.82) is 0 Å². The summed E-state index contributed by atoms with van der Waals surface area (Å²) in [5.74, 6) is -0.130. The third kappa shape index (κ3) is 4.47. The first kappa shape index (κ1) is 21.8. The van der Waals surface area contributed by atoms with Crippen LogP contribution in [0.5, 0.6) is 11.5 Å².